The van der Waals surface area contributed by atoms with Gasteiger partial charge in [0.1, 0.15) is 0 Å². The van der Waals surface area contributed by atoms with E-state index in [4.69, 9.17) is 4.52 Å². The van der Waals surface area contributed by atoms with Gasteiger partial charge in [0.2, 0.25) is 11.8 Å². The molecule has 0 bridgehead atoms. The van der Waals surface area contributed by atoms with Crippen LogP contribution in [0.25, 0.3) is 0 Å². The van der Waals surface area contributed by atoms with Crippen molar-refractivity contribution in [3.63, 3.8) is 0 Å². The summed E-state index contributed by atoms with van der Waals surface area (Å²) in [6, 6.07) is 0. The molecule has 116 valence electrons. The van der Waals surface area contributed by atoms with Gasteiger partial charge in [-0.05, 0) is 44.1 Å². The summed E-state index contributed by atoms with van der Waals surface area (Å²) in [4.78, 5) is 18.5. The van der Waals surface area contributed by atoms with Crippen molar-refractivity contribution in [1.82, 2.24) is 20.4 Å². The molecule has 21 heavy (non-hydrogen) atoms. The first-order chi connectivity index (χ1) is 10.2. The fraction of sp³-hybridized carbons (Fsp3) is 0.800. The minimum absolute atomic E-state index is 0.227. The zero-order chi connectivity index (χ0) is 14.7. The fourth-order valence-electron chi connectivity index (χ4n) is 2.96. The second-order valence-electron chi connectivity index (χ2n) is 6.36. The number of rotatable bonds is 6. The minimum atomic E-state index is 0.227. The summed E-state index contributed by atoms with van der Waals surface area (Å²) >= 11 is 0. The van der Waals surface area contributed by atoms with Crippen LogP contribution < -0.4 is 5.32 Å². The maximum absolute atomic E-state index is 12.2. The molecule has 1 aliphatic heterocycles. The van der Waals surface area contributed by atoms with Gasteiger partial charge in [-0.1, -0.05) is 5.16 Å². The molecule has 1 aromatic heterocycles. The lowest BCUT2D eigenvalue weighted by atomic mass is 9.94. The molecule has 0 spiro atoms. The van der Waals surface area contributed by atoms with Gasteiger partial charge in [-0.25, -0.2) is 0 Å². The number of aryl methyl sites for hydroxylation is 1. The molecule has 1 saturated carbocycles. The molecule has 1 aromatic rings. The van der Waals surface area contributed by atoms with E-state index in [1.54, 1.807) is 6.92 Å². The number of likely N-dealkylation sites (tertiary alicyclic amines) is 1. The van der Waals surface area contributed by atoms with E-state index in [1.165, 1.54) is 12.8 Å². The number of hydrogen-bond acceptors (Lipinski definition) is 5. The van der Waals surface area contributed by atoms with Gasteiger partial charge in [0.25, 0.3) is 0 Å². The van der Waals surface area contributed by atoms with Crippen molar-refractivity contribution in [1.29, 1.82) is 0 Å². The summed E-state index contributed by atoms with van der Waals surface area (Å²) in [5, 5.41) is 7.24. The second-order valence-corrected chi connectivity index (χ2v) is 6.36. The molecule has 6 nitrogen and oxygen atoms in total. The molecule has 1 atom stereocenters. The van der Waals surface area contributed by atoms with E-state index in [-0.39, 0.29) is 5.91 Å². The summed E-state index contributed by atoms with van der Waals surface area (Å²) in [7, 11) is 0. The van der Waals surface area contributed by atoms with E-state index in [0.717, 1.165) is 50.6 Å². The first-order valence-electron chi connectivity index (χ1n) is 7.98. The Kier molecular flexibility index (Phi) is 4.53. The molecule has 2 heterocycles. The summed E-state index contributed by atoms with van der Waals surface area (Å²) in [5.74, 6) is 2.86. The molecular weight excluding hydrogens is 268 g/mol. The molecule has 0 radical (unpaired) electrons. The molecule has 1 aliphatic carbocycles. The predicted molar refractivity (Wildman–Crippen MR) is 77.6 cm³/mol. The highest BCUT2D eigenvalue weighted by Gasteiger charge is 2.25. The van der Waals surface area contributed by atoms with Crippen molar-refractivity contribution in [2.45, 2.75) is 39.0 Å². The Hall–Kier alpha value is -1.43. The Labute approximate surface area is 125 Å². The zero-order valence-corrected chi connectivity index (χ0v) is 12.7. The van der Waals surface area contributed by atoms with Crippen LogP contribution in [0.2, 0.25) is 0 Å². The third kappa shape index (κ3) is 4.27. The molecule has 6 heteroatoms. The highest BCUT2D eigenvalue weighted by molar-refractivity contribution is 5.78. The highest BCUT2D eigenvalue weighted by atomic mass is 16.5. The Morgan fingerprint density at radius 1 is 1.38 bits per heavy atom. The number of hydrogen-bond donors (Lipinski definition) is 1. The van der Waals surface area contributed by atoms with Gasteiger partial charge in [-0.2, -0.15) is 4.98 Å². The third-order valence-corrected chi connectivity index (χ3v) is 4.32. The van der Waals surface area contributed by atoms with E-state index in [2.05, 4.69) is 15.5 Å². The molecule has 1 N–H and O–H groups in total. The van der Waals surface area contributed by atoms with Crippen molar-refractivity contribution >= 4 is 5.91 Å². The van der Waals surface area contributed by atoms with Gasteiger partial charge in [0.05, 0.1) is 6.54 Å². The Morgan fingerprint density at radius 2 is 2.24 bits per heavy atom. The van der Waals surface area contributed by atoms with Crippen LogP contribution in [0.15, 0.2) is 4.52 Å². The van der Waals surface area contributed by atoms with Crippen molar-refractivity contribution < 1.29 is 9.32 Å². The Bertz CT molecular complexity index is 484. The maximum atomic E-state index is 12.2. The number of nitrogens with one attached hydrogen (secondary N) is 1. The molecule has 2 aliphatic rings. The lowest BCUT2D eigenvalue weighted by Crippen LogP contribution is -2.44. The van der Waals surface area contributed by atoms with Crippen LogP contribution in [0, 0.1) is 18.8 Å². The van der Waals surface area contributed by atoms with Crippen LogP contribution in [0.3, 0.4) is 0 Å². The number of carbonyl (C=O) groups is 1. The molecule has 2 fully saturated rings. The van der Waals surface area contributed by atoms with Gasteiger partial charge in [-0.3, -0.25) is 4.79 Å². The number of amides is 1. The quantitative estimate of drug-likeness (QED) is 0.852. The van der Waals surface area contributed by atoms with Gasteiger partial charge in [-0.15, -0.1) is 0 Å². The molecule has 1 unspecified atom stereocenters. The van der Waals surface area contributed by atoms with Gasteiger partial charge in [0.15, 0.2) is 5.82 Å². The number of aromatic nitrogens is 2. The average molecular weight is 292 g/mol. The van der Waals surface area contributed by atoms with Gasteiger partial charge in [0, 0.05) is 26.4 Å². The van der Waals surface area contributed by atoms with E-state index in [1.807, 2.05) is 4.90 Å². The summed E-state index contributed by atoms with van der Waals surface area (Å²) < 4.78 is 5.01. The van der Waals surface area contributed by atoms with Crippen molar-refractivity contribution in [2.75, 3.05) is 26.2 Å². The average Bonchev–Trinajstić information content (AvgIpc) is 3.21. The summed E-state index contributed by atoms with van der Waals surface area (Å²) in [5.41, 5.74) is 0. The minimum Gasteiger partial charge on any atom is -0.341 e. The van der Waals surface area contributed by atoms with Crippen LogP contribution in [-0.2, 0) is 11.2 Å². The van der Waals surface area contributed by atoms with Crippen LogP contribution in [-0.4, -0.2) is 47.1 Å². The van der Waals surface area contributed by atoms with E-state index < -0.39 is 0 Å². The van der Waals surface area contributed by atoms with Crippen molar-refractivity contribution in [2.24, 2.45) is 11.8 Å². The number of nitrogens with zero attached hydrogens (tertiary/aromatic N) is 3. The summed E-state index contributed by atoms with van der Waals surface area (Å²) in [6.45, 7) is 4.97. The smallest absolute Gasteiger partial charge is 0.236 e. The van der Waals surface area contributed by atoms with E-state index in [9.17, 15) is 4.79 Å². The number of carbonyl (C=O) groups excluding carboxylic acids is 1. The van der Waals surface area contributed by atoms with E-state index >= 15 is 0 Å². The predicted octanol–water partition coefficient (Wildman–Crippen LogP) is 1.16. The highest BCUT2D eigenvalue weighted by Crippen LogP contribution is 2.27. The first kappa shape index (κ1) is 14.5. The Morgan fingerprint density at radius 3 is 2.95 bits per heavy atom. The van der Waals surface area contributed by atoms with Gasteiger partial charge < -0.3 is 14.7 Å². The standard InChI is InChI=1S/C15H24N4O2/c1-11-17-14(18-21-11)7-13-3-2-6-19(10-13)15(20)9-16-8-12-4-5-12/h12-13,16H,2-10H2,1H3. The monoisotopic (exact) mass is 292 g/mol. The fourth-order valence-corrected chi connectivity index (χ4v) is 2.96. The van der Waals surface area contributed by atoms with E-state index in [0.29, 0.717) is 18.4 Å². The lowest BCUT2D eigenvalue weighted by Gasteiger charge is -2.32. The summed E-state index contributed by atoms with van der Waals surface area (Å²) in [6.07, 6.45) is 5.63. The first-order valence-corrected chi connectivity index (χ1v) is 7.98. The molecule has 0 aromatic carbocycles. The SMILES string of the molecule is Cc1nc(CC2CCCN(C(=O)CNCC3CC3)C2)no1. The van der Waals surface area contributed by atoms with Crippen LogP contribution in [0.1, 0.15) is 37.4 Å². The zero-order valence-electron chi connectivity index (χ0n) is 12.7. The van der Waals surface area contributed by atoms with Crippen LogP contribution >= 0.6 is 0 Å². The topological polar surface area (TPSA) is 71.3 Å². The Balaban J connectivity index is 1.44. The molecule has 1 amide bonds. The third-order valence-electron chi connectivity index (χ3n) is 4.32. The maximum Gasteiger partial charge on any atom is 0.236 e. The largest absolute Gasteiger partial charge is 0.341 e. The molecular formula is C15H24N4O2. The molecule has 3 rings (SSSR count). The lowest BCUT2D eigenvalue weighted by molar-refractivity contribution is -0.132. The number of piperidine rings is 1. The van der Waals surface area contributed by atoms with Gasteiger partial charge >= 0.3 is 0 Å². The second kappa shape index (κ2) is 6.56. The van der Waals surface area contributed by atoms with Crippen molar-refractivity contribution in [3.05, 3.63) is 11.7 Å². The van der Waals surface area contributed by atoms with Crippen molar-refractivity contribution in [3.8, 4) is 0 Å². The normalized spacial score (nSPS) is 22.5. The van der Waals surface area contributed by atoms with Crippen LogP contribution in [0.4, 0.5) is 0 Å². The molecule has 1 saturated heterocycles. The van der Waals surface area contributed by atoms with Crippen LogP contribution in [0.5, 0.6) is 0 Å².